The molecule has 1 rings (SSSR count). The molecule has 0 atom stereocenters. The van der Waals surface area contributed by atoms with Gasteiger partial charge in [0.05, 0.1) is 13.5 Å². The van der Waals surface area contributed by atoms with Crippen molar-refractivity contribution in [2.75, 3.05) is 13.7 Å². The summed E-state index contributed by atoms with van der Waals surface area (Å²) in [6, 6.07) is 8.03. The van der Waals surface area contributed by atoms with Crippen LogP contribution in [0.4, 0.5) is 0 Å². The fourth-order valence-corrected chi connectivity index (χ4v) is 1.70. The van der Waals surface area contributed by atoms with Crippen LogP contribution in [0.5, 0.6) is 0 Å². The van der Waals surface area contributed by atoms with Gasteiger partial charge in [-0.3, -0.25) is 9.59 Å². The smallest absolute Gasteiger partial charge is 0.325 e. The van der Waals surface area contributed by atoms with Gasteiger partial charge in [0.2, 0.25) is 5.91 Å². The molecule has 1 amide bonds. The summed E-state index contributed by atoms with van der Waals surface area (Å²) < 4.78 is 4.45. The van der Waals surface area contributed by atoms with Crippen molar-refractivity contribution in [1.29, 1.82) is 0 Å². The molecule has 104 valence electrons. The SMILES string of the molecule is CCCCc1ccc(CC(=O)NCC(=O)OC)cc1. The van der Waals surface area contributed by atoms with Crippen molar-refractivity contribution >= 4 is 11.9 Å². The number of ether oxygens (including phenoxy) is 1. The molecular weight excluding hydrogens is 242 g/mol. The monoisotopic (exact) mass is 263 g/mol. The Morgan fingerprint density at radius 1 is 1.16 bits per heavy atom. The highest BCUT2D eigenvalue weighted by molar-refractivity contribution is 5.83. The summed E-state index contributed by atoms with van der Waals surface area (Å²) in [7, 11) is 1.30. The quantitative estimate of drug-likeness (QED) is 0.764. The van der Waals surface area contributed by atoms with E-state index in [1.54, 1.807) is 0 Å². The van der Waals surface area contributed by atoms with Crippen LogP contribution in [0.2, 0.25) is 0 Å². The Kier molecular flexibility index (Phi) is 6.64. The van der Waals surface area contributed by atoms with Gasteiger partial charge in [-0.05, 0) is 24.0 Å². The van der Waals surface area contributed by atoms with Gasteiger partial charge >= 0.3 is 5.97 Å². The topological polar surface area (TPSA) is 55.4 Å². The normalized spacial score (nSPS) is 10.0. The van der Waals surface area contributed by atoms with E-state index < -0.39 is 5.97 Å². The lowest BCUT2D eigenvalue weighted by molar-refractivity contribution is -0.141. The van der Waals surface area contributed by atoms with E-state index in [0.29, 0.717) is 0 Å². The third-order valence-electron chi connectivity index (χ3n) is 2.86. The fourth-order valence-electron chi connectivity index (χ4n) is 1.70. The molecule has 0 aliphatic rings. The molecule has 0 heterocycles. The van der Waals surface area contributed by atoms with E-state index in [0.717, 1.165) is 12.0 Å². The van der Waals surface area contributed by atoms with E-state index in [2.05, 4.69) is 29.1 Å². The molecule has 4 heteroatoms. The molecule has 1 N–H and O–H groups in total. The second-order valence-corrected chi connectivity index (χ2v) is 4.45. The van der Waals surface area contributed by atoms with Gasteiger partial charge in [0, 0.05) is 0 Å². The van der Waals surface area contributed by atoms with E-state index in [4.69, 9.17) is 0 Å². The predicted octanol–water partition coefficient (Wildman–Crippen LogP) is 1.86. The van der Waals surface area contributed by atoms with Crippen LogP contribution in [0.3, 0.4) is 0 Å². The molecule has 0 aliphatic carbocycles. The number of carbonyl (C=O) groups excluding carboxylic acids is 2. The third kappa shape index (κ3) is 6.04. The minimum atomic E-state index is -0.441. The first-order valence-electron chi connectivity index (χ1n) is 6.57. The van der Waals surface area contributed by atoms with Crippen molar-refractivity contribution in [3.63, 3.8) is 0 Å². The minimum Gasteiger partial charge on any atom is -0.468 e. The Morgan fingerprint density at radius 2 is 1.79 bits per heavy atom. The summed E-state index contributed by atoms with van der Waals surface area (Å²) in [4.78, 5) is 22.4. The summed E-state index contributed by atoms with van der Waals surface area (Å²) in [5.41, 5.74) is 2.24. The van der Waals surface area contributed by atoms with E-state index >= 15 is 0 Å². The number of benzene rings is 1. The van der Waals surface area contributed by atoms with E-state index in [9.17, 15) is 9.59 Å². The number of aryl methyl sites for hydroxylation is 1. The zero-order valence-corrected chi connectivity index (χ0v) is 11.6. The maximum atomic E-state index is 11.6. The largest absolute Gasteiger partial charge is 0.468 e. The van der Waals surface area contributed by atoms with Crippen molar-refractivity contribution in [2.24, 2.45) is 0 Å². The maximum Gasteiger partial charge on any atom is 0.325 e. The van der Waals surface area contributed by atoms with Crippen LogP contribution in [-0.4, -0.2) is 25.5 Å². The van der Waals surface area contributed by atoms with Crippen LogP contribution in [-0.2, 0) is 27.2 Å². The summed E-state index contributed by atoms with van der Waals surface area (Å²) in [5, 5.41) is 2.52. The van der Waals surface area contributed by atoms with Gasteiger partial charge in [-0.2, -0.15) is 0 Å². The van der Waals surface area contributed by atoms with Gasteiger partial charge in [0.1, 0.15) is 6.54 Å². The third-order valence-corrected chi connectivity index (χ3v) is 2.86. The maximum absolute atomic E-state index is 11.6. The average Bonchev–Trinajstić information content (AvgIpc) is 2.44. The standard InChI is InChI=1S/C15H21NO3/c1-3-4-5-12-6-8-13(9-7-12)10-14(17)16-11-15(18)19-2/h6-9H,3-5,10-11H2,1-2H3,(H,16,17). The Morgan fingerprint density at radius 3 is 2.37 bits per heavy atom. The second-order valence-electron chi connectivity index (χ2n) is 4.45. The average molecular weight is 263 g/mol. The molecule has 1 aromatic rings. The van der Waals surface area contributed by atoms with Crippen molar-refractivity contribution in [2.45, 2.75) is 32.6 Å². The fraction of sp³-hybridized carbons (Fsp3) is 0.467. The van der Waals surface area contributed by atoms with Crippen LogP contribution in [0.1, 0.15) is 30.9 Å². The lowest BCUT2D eigenvalue weighted by Gasteiger charge is -2.05. The summed E-state index contributed by atoms with van der Waals surface area (Å²) >= 11 is 0. The van der Waals surface area contributed by atoms with Gasteiger partial charge in [-0.15, -0.1) is 0 Å². The number of methoxy groups -OCH3 is 1. The number of carbonyl (C=O) groups is 2. The van der Waals surface area contributed by atoms with E-state index in [1.807, 2.05) is 12.1 Å². The van der Waals surface area contributed by atoms with Crippen molar-refractivity contribution in [3.8, 4) is 0 Å². The van der Waals surface area contributed by atoms with E-state index in [-0.39, 0.29) is 18.9 Å². The molecule has 0 unspecified atom stereocenters. The number of nitrogens with one attached hydrogen (secondary N) is 1. The molecule has 0 aromatic heterocycles. The van der Waals surface area contributed by atoms with Crippen LogP contribution >= 0.6 is 0 Å². The summed E-state index contributed by atoms with van der Waals surface area (Å²) in [6.45, 7) is 2.09. The van der Waals surface area contributed by atoms with Crippen LogP contribution < -0.4 is 5.32 Å². The first-order chi connectivity index (χ1) is 9.15. The molecule has 1 aromatic carbocycles. The first kappa shape index (κ1) is 15.2. The molecule has 0 aliphatic heterocycles. The lowest BCUT2D eigenvalue weighted by Crippen LogP contribution is -2.31. The van der Waals surface area contributed by atoms with Gasteiger partial charge in [-0.1, -0.05) is 37.6 Å². The molecule has 0 radical (unpaired) electrons. The Bertz CT molecular complexity index is 412. The van der Waals surface area contributed by atoms with Gasteiger partial charge in [0.15, 0.2) is 0 Å². The second kappa shape index (κ2) is 8.29. The molecule has 0 fully saturated rings. The number of amides is 1. The van der Waals surface area contributed by atoms with Gasteiger partial charge in [0.25, 0.3) is 0 Å². The summed E-state index contributed by atoms with van der Waals surface area (Å²) in [6.07, 6.45) is 3.72. The number of esters is 1. The highest BCUT2D eigenvalue weighted by atomic mass is 16.5. The number of unbranched alkanes of at least 4 members (excludes halogenated alkanes) is 1. The molecule has 0 saturated heterocycles. The zero-order chi connectivity index (χ0) is 14.1. The minimum absolute atomic E-state index is 0.0794. The van der Waals surface area contributed by atoms with Gasteiger partial charge in [-0.25, -0.2) is 0 Å². The van der Waals surface area contributed by atoms with Crippen molar-refractivity contribution in [3.05, 3.63) is 35.4 Å². The zero-order valence-electron chi connectivity index (χ0n) is 11.6. The Hall–Kier alpha value is -1.84. The number of rotatable bonds is 7. The van der Waals surface area contributed by atoms with E-state index in [1.165, 1.54) is 25.5 Å². The lowest BCUT2D eigenvalue weighted by atomic mass is 10.0. The molecule has 0 bridgehead atoms. The number of hydrogen-bond acceptors (Lipinski definition) is 3. The molecule has 0 spiro atoms. The first-order valence-corrected chi connectivity index (χ1v) is 6.57. The highest BCUT2D eigenvalue weighted by Gasteiger charge is 2.06. The van der Waals surface area contributed by atoms with Crippen LogP contribution in [0.15, 0.2) is 24.3 Å². The Balaban J connectivity index is 2.40. The van der Waals surface area contributed by atoms with Crippen LogP contribution in [0, 0.1) is 0 Å². The molecule has 19 heavy (non-hydrogen) atoms. The van der Waals surface area contributed by atoms with Crippen LogP contribution in [0.25, 0.3) is 0 Å². The highest BCUT2D eigenvalue weighted by Crippen LogP contribution is 2.08. The predicted molar refractivity (Wildman–Crippen MR) is 73.8 cm³/mol. The molecular formula is C15H21NO3. The van der Waals surface area contributed by atoms with Crippen molar-refractivity contribution in [1.82, 2.24) is 5.32 Å². The molecule has 0 saturated carbocycles. The summed E-state index contributed by atoms with van der Waals surface area (Å²) in [5.74, 6) is -0.616. The Labute approximate surface area is 114 Å². The van der Waals surface area contributed by atoms with Gasteiger partial charge < -0.3 is 10.1 Å². The van der Waals surface area contributed by atoms with Crippen molar-refractivity contribution < 1.29 is 14.3 Å². The number of hydrogen-bond donors (Lipinski definition) is 1. The molecule has 4 nitrogen and oxygen atoms in total.